The van der Waals surface area contributed by atoms with Gasteiger partial charge in [0.15, 0.2) is 0 Å². The van der Waals surface area contributed by atoms with E-state index in [1.165, 1.54) is 38.5 Å². The average Bonchev–Trinajstić information content (AvgIpc) is 2.29. The van der Waals surface area contributed by atoms with Crippen LogP contribution in [0.25, 0.3) is 0 Å². The minimum Gasteiger partial charge on any atom is -0.390 e. The third kappa shape index (κ3) is 4.84. The predicted molar refractivity (Wildman–Crippen MR) is 67.3 cm³/mol. The first-order valence-corrected chi connectivity index (χ1v) is 6.97. The monoisotopic (exact) mass is 228 g/mol. The molecule has 1 saturated carbocycles. The number of hydrogen-bond donors (Lipinski definition) is 2. The average molecular weight is 228 g/mol. The van der Waals surface area contributed by atoms with E-state index in [1.807, 2.05) is 13.8 Å². The highest BCUT2D eigenvalue weighted by Crippen LogP contribution is 2.28. The first kappa shape index (κ1) is 14.0. The molecule has 1 aliphatic rings. The van der Waals surface area contributed by atoms with Gasteiger partial charge in [0.1, 0.15) is 0 Å². The van der Waals surface area contributed by atoms with Gasteiger partial charge in [-0.1, -0.05) is 58.8 Å². The Kier molecular flexibility index (Phi) is 6.37. The summed E-state index contributed by atoms with van der Waals surface area (Å²) in [6.07, 6.45) is 8.93. The SMILES string of the molecule is CC(C)C(O)C(O)CCCC1CCCCC1. The smallest absolute Gasteiger partial charge is 0.0821 e. The lowest BCUT2D eigenvalue weighted by Gasteiger charge is -2.24. The summed E-state index contributed by atoms with van der Waals surface area (Å²) in [7, 11) is 0. The topological polar surface area (TPSA) is 40.5 Å². The molecule has 1 rings (SSSR count). The number of aliphatic hydroxyl groups excluding tert-OH is 2. The van der Waals surface area contributed by atoms with E-state index in [2.05, 4.69) is 0 Å². The molecule has 2 nitrogen and oxygen atoms in total. The summed E-state index contributed by atoms with van der Waals surface area (Å²) in [6.45, 7) is 3.91. The van der Waals surface area contributed by atoms with E-state index in [1.54, 1.807) is 0 Å². The molecule has 0 radical (unpaired) electrons. The van der Waals surface area contributed by atoms with Crippen molar-refractivity contribution in [2.45, 2.75) is 77.4 Å². The molecule has 0 aromatic carbocycles. The molecule has 0 heterocycles. The maximum absolute atomic E-state index is 9.77. The standard InChI is InChI=1S/C14H28O2/c1-11(2)14(16)13(15)10-6-9-12-7-4-3-5-8-12/h11-16H,3-10H2,1-2H3. The van der Waals surface area contributed by atoms with Crippen LogP contribution in [0.3, 0.4) is 0 Å². The molecule has 0 amide bonds. The van der Waals surface area contributed by atoms with Gasteiger partial charge in [0, 0.05) is 0 Å². The highest BCUT2D eigenvalue weighted by atomic mass is 16.3. The Labute approximate surface area is 100 Å². The molecule has 2 N–H and O–H groups in total. The lowest BCUT2D eigenvalue weighted by atomic mass is 9.85. The van der Waals surface area contributed by atoms with Crippen LogP contribution in [0.2, 0.25) is 0 Å². The second-order valence-electron chi connectivity index (χ2n) is 5.74. The lowest BCUT2D eigenvalue weighted by molar-refractivity contribution is -0.0138. The molecule has 0 aromatic heterocycles. The fourth-order valence-electron chi connectivity index (χ4n) is 2.71. The summed E-state index contributed by atoms with van der Waals surface area (Å²) >= 11 is 0. The minimum absolute atomic E-state index is 0.157. The molecule has 2 heteroatoms. The summed E-state index contributed by atoms with van der Waals surface area (Å²) < 4.78 is 0. The van der Waals surface area contributed by atoms with Crippen molar-refractivity contribution in [1.82, 2.24) is 0 Å². The van der Waals surface area contributed by atoms with Crippen molar-refractivity contribution in [3.63, 3.8) is 0 Å². The van der Waals surface area contributed by atoms with E-state index in [4.69, 9.17) is 0 Å². The number of rotatable bonds is 6. The first-order valence-electron chi connectivity index (χ1n) is 6.97. The fraction of sp³-hybridized carbons (Fsp3) is 1.00. The van der Waals surface area contributed by atoms with Crippen LogP contribution in [-0.2, 0) is 0 Å². The molecule has 0 saturated heterocycles. The van der Waals surface area contributed by atoms with Crippen molar-refractivity contribution in [1.29, 1.82) is 0 Å². The maximum atomic E-state index is 9.77. The van der Waals surface area contributed by atoms with E-state index >= 15 is 0 Å². The Morgan fingerprint density at radius 2 is 1.69 bits per heavy atom. The molecular weight excluding hydrogens is 200 g/mol. The van der Waals surface area contributed by atoms with Crippen molar-refractivity contribution < 1.29 is 10.2 Å². The van der Waals surface area contributed by atoms with E-state index in [-0.39, 0.29) is 5.92 Å². The summed E-state index contributed by atoms with van der Waals surface area (Å²) in [5, 5.41) is 19.4. The molecule has 0 aliphatic heterocycles. The summed E-state index contributed by atoms with van der Waals surface area (Å²) in [5.74, 6) is 1.04. The molecular formula is C14H28O2. The largest absolute Gasteiger partial charge is 0.390 e. The van der Waals surface area contributed by atoms with Gasteiger partial charge in [-0.05, 0) is 18.3 Å². The maximum Gasteiger partial charge on any atom is 0.0821 e. The summed E-state index contributed by atoms with van der Waals surface area (Å²) in [6, 6.07) is 0. The van der Waals surface area contributed by atoms with E-state index in [0.29, 0.717) is 0 Å². The number of hydrogen-bond acceptors (Lipinski definition) is 2. The van der Waals surface area contributed by atoms with Crippen LogP contribution in [0, 0.1) is 11.8 Å². The second kappa shape index (κ2) is 7.29. The van der Waals surface area contributed by atoms with Crippen molar-refractivity contribution in [3.8, 4) is 0 Å². The number of aliphatic hydroxyl groups is 2. The van der Waals surface area contributed by atoms with Gasteiger partial charge in [0.25, 0.3) is 0 Å². The Balaban J connectivity index is 2.09. The van der Waals surface area contributed by atoms with Crippen LogP contribution in [0.15, 0.2) is 0 Å². The zero-order valence-corrected chi connectivity index (χ0v) is 10.9. The van der Waals surface area contributed by atoms with Gasteiger partial charge < -0.3 is 10.2 Å². The van der Waals surface area contributed by atoms with Gasteiger partial charge >= 0.3 is 0 Å². The Morgan fingerprint density at radius 3 is 2.25 bits per heavy atom. The van der Waals surface area contributed by atoms with Crippen LogP contribution in [0.5, 0.6) is 0 Å². The van der Waals surface area contributed by atoms with Crippen molar-refractivity contribution in [3.05, 3.63) is 0 Å². The quantitative estimate of drug-likeness (QED) is 0.733. The van der Waals surface area contributed by atoms with Gasteiger partial charge in [0.05, 0.1) is 12.2 Å². The zero-order chi connectivity index (χ0) is 12.0. The lowest BCUT2D eigenvalue weighted by Crippen LogP contribution is -2.30. The molecule has 0 bridgehead atoms. The summed E-state index contributed by atoms with van der Waals surface area (Å²) in [4.78, 5) is 0. The Morgan fingerprint density at radius 1 is 1.06 bits per heavy atom. The van der Waals surface area contributed by atoms with Crippen LogP contribution >= 0.6 is 0 Å². The molecule has 0 aromatic rings. The fourth-order valence-corrected chi connectivity index (χ4v) is 2.71. The van der Waals surface area contributed by atoms with Crippen molar-refractivity contribution >= 4 is 0 Å². The van der Waals surface area contributed by atoms with Gasteiger partial charge in [-0.25, -0.2) is 0 Å². The van der Waals surface area contributed by atoms with Crippen LogP contribution in [0.4, 0.5) is 0 Å². The summed E-state index contributed by atoms with van der Waals surface area (Å²) in [5.41, 5.74) is 0. The molecule has 1 fully saturated rings. The minimum atomic E-state index is -0.550. The van der Waals surface area contributed by atoms with E-state index in [0.717, 1.165) is 18.8 Å². The highest BCUT2D eigenvalue weighted by Gasteiger charge is 2.20. The van der Waals surface area contributed by atoms with Crippen molar-refractivity contribution in [2.24, 2.45) is 11.8 Å². The predicted octanol–water partition coefficient (Wildman–Crippen LogP) is 3.11. The molecule has 0 spiro atoms. The normalized spacial score (nSPS) is 22.3. The van der Waals surface area contributed by atoms with Crippen molar-refractivity contribution in [2.75, 3.05) is 0 Å². The van der Waals surface area contributed by atoms with Crippen LogP contribution in [-0.4, -0.2) is 22.4 Å². The first-order chi connectivity index (χ1) is 7.61. The third-order valence-corrected chi connectivity index (χ3v) is 3.91. The van der Waals surface area contributed by atoms with E-state index in [9.17, 15) is 10.2 Å². The molecule has 2 atom stereocenters. The Hall–Kier alpha value is -0.0800. The third-order valence-electron chi connectivity index (χ3n) is 3.91. The second-order valence-corrected chi connectivity index (χ2v) is 5.74. The molecule has 96 valence electrons. The van der Waals surface area contributed by atoms with E-state index < -0.39 is 12.2 Å². The van der Waals surface area contributed by atoms with Crippen LogP contribution < -0.4 is 0 Å². The highest BCUT2D eigenvalue weighted by molar-refractivity contribution is 4.72. The zero-order valence-electron chi connectivity index (χ0n) is 10.9. The van der Waals surface area contributed by atoms with Gasteiger partial charge in [-0.3, -0.25) is 0 Å². The van der Waals surface area contributed by atoms with Gasteiger partial charge in [0.2, 0.25) is 0 Å². The van der Waals surface area contributed by atoms with Gasteiger partial charge in [-0.2, -0.15) is 0 Å². The van der Waals surface area contributed by atoms with Gasteiger partial charge in [-0.15, -0.1) is 0 Å². The van der Waals surface area contributed by atoms with Crippen LogP contribution in [0.1, 0.15) is 65.2 Å². The molecule has 16 heavy (non-hydrogen) atoms. The molecule has 1 aliphatic carbocycles. The Bertz CT molecular complexity index is 174. The molecule has 2 unspecified atom stereocenters.